The minimum Gasteiger partial charge on any atom is -0.288 e. The summed E-state index contributed by atoms with van der Waals surface area (Å²) in [4.78, 5) is 19.5. The molecule has 19 heavy (non-hydrogen) atoms. The molecule has 0 atom stereocenters. The van der Waals surface area contributed by atoms with Gasteiger partial charge in [-0.3, -0.25) is 9.69 Å². The van der Waals surface area contributed by atoms with Gasteiger partial charge in [0.25, 0.3) is 0 Å². The van der Waals surface area contributed by atoms with Gasteiger partial charge in [-0.05, 0) is 32.4 Å². The highest BCUT2D eigenvalue weighted by molar-refractivity contribution is 7.16. The van der Waals surface area contributed by atoms with Gasteiger partial charge in [0.05, 0.1) is 10.0 Å². The maximum absolute atomic E-state index is 12.2. The van der Waals surface area contributed by atoms with Gasteiger partial charge >= 0.3 is 0 Å². The van der Waals surface area contributed by atoms with E-state index in [-0.39, 0.29) is 5.91 Å². The molecule has 0 N–H and O–H groups in total. The molecule has 0 aliphatic rings. The number of carbonyl (C=O) groups excluding carboxylic acids is 1. The molecule has 2 aromatic rings. The molecule has 0 unspecified atom stereocenters. The van der Waals surface area contributed by atoms with Crippen LogP contribution in [-0.2, 0) is 11.2 Å². The fraction of sp³-hybridized carbons (Fsp3) is 0.385. The van der Waals surface area contributed by atoms with Gasteiger partial charge in [0.1, 0.15) is 0 Å². The van der Waals surface area contributed by atoms with Crippen LogP contribution in [0.15, 0.2) is 17.5 Å². The van der Waals surface area contributed by atoms with E-state index in [4.69, 9.17) is 11.6 Å². The molecule has 0 aliphatic heterocycles. The van der Waals surface area contributed by atoms with Gasteiger partial charge in [0, 0.05) is 23.2 Å². The third-order valence-corrected chi connectivity index (χ3v) is 4.94. The van der Waals surface area contributed by atoms with Crippen LogP contribution in [0.1, 0.15) is 23.9 Å². The first-order valence-electron chi connectivity index (χ1n) is 6.07. The zero-order valence-electron chi connectivity index (χ0n) is 10.9. The van der Waals surface area contributed by atoms with Crippen LogP contribution in [0.25, 0.3) is 0 Å². The smallest absolute Gasteiger partial charge is 0.229 e. The lowest BCUT2D eigenvalue weighted by molar-refractivity contribution is -0.118. The van der Waals surface area contributed by atoms with Gasteiger partial charge in [-0.25, -0.2) is 4.98 Å². The van der Waals surface area contributed by atoms with Crippen molar-refractivity contribution in [3.63, 3.8) is 0 Å². The van der Waals surface area contributed by atoms with Crippen molar-refractivity contribution in [2.24, 2.45) is 0 Å². The van der Waals surface area contributed by atoms with E-state index in [9.17, 15) is 4.79 Å². The summed E-state index contributed by atoms with van der Waals surface area (Å²) < 4.78 is 0.769. The van der Waals surface area contributed by atoms with Crippen molar-refractivity contribution in [1.29, 1.82) is 0 Å². The SMILES string of the molecule is CCN(C(=O)CCc1ccc(Cl)s1)c1nc(C)cs1. The number of aromatic nitrogens is 1. The Morgan fingerprint density at radius 1 is 1.47 bits per heavy atom. The molecule has 0 fully saturated rings. The third kappa shape index (κ3) is 3.78. The van der Waals surface area contributed by atoms with Crippen LogP contribution in [0.2, 0.25) is 4.34 Å². The monoisotopic (exact) mass is 314 g/mol. The zero-order chi connectivity index (χ0) is 13.8. The largest absolute Gasteiger partial charge is 0.288 e. The molecule has 0 saturated carbocycles. The molecule has 0 saturated heterocycles. The molecular formula is C13H15ClN2OS2. The van der Waals surface area contributed by atoms with Crippen molar-refractivity contribution in [1.82, 2.24) is 4.98 Å². The van der Waals surface area contributed by atoms with E-state index in [1.54, 1.807) is 4.90 Å². The lowest BCUT2D eigenvalue weighted by Crippen LogP contribution is -2.30. The van der Waals surface area contributed by atoms with Gasteiger partial charge in [0.15, 0.2) is 5.13 Å². The van der Waals surface area contributed by atoms with Crippen molar-refractivity contribution in [2.45, 2.75) is 26.7 Å². The predicted molar refractivity (Wildman–Crippen MR) is 82.5 cm³/mol. The molecule has 2 aromatic heterocycles. The van der Waals surface area contributed by atoms with E-state index in [2.05, 4.69) is 4.98 Å². The second kappa shape index (κ2) is 6.50. The van der Waals surface area contributed by atoms with E-state index in [1.807, 2.05) is 31.4 Å². The van der Waals surface area contributed by atoms with E-state index in [0.717, 1.165) is 26.5 Å². The first-order valence-corrected chi connectivity index (χ1v) is 8.14. The average Bonchev–Trinajstić information content (AvgIpc) is 2.97. The summed E-state index contributed by atoms with van der Waals surface area (Å²) >= 11 is 8.92. The highest BCUT2D eigenvalue weighted by Crippen LogP contribution is 2.24. The molecule has 0 bridgehead atoms. The fourth-order valence-corrected chi connectivity index (χ4v) is 3.71. The number of rotatable bonds is 5. The maximum atomic E-state index is 12.2. The highest BCUT2D eigenvalue weighted by Gasteiger charge is 2.16. The number of hydrogen-bond donors (Lipinski definition) is 0. The molecule has 0 aromatic carbocycles. The predicted octanol–water partition coefficient (Wildman–Crippen LogP) is 4.15. The summed E-state index contributed by atoms with van der Waals surface area (Å²) in [5, 5.41) is 2.75. The van der Waals surface area contributed by atoms with Crippen LogP contribution < -0.4 is 4.90 Å². The number of anilines is 1. The number of thiazole rings is 1. The summed E-state index contributed by atoms with van der Waals surface area (Å²) in [5.41, 5.74) is 0.955. The van der Waals surface area contributed by atoms with Crippen LogP contribution >= 0.6 is 34.3 Å². The van der Waals surface area contributed by atoms with Crippen molar-refractivity contribution in [3.05, 3.63) is 32.4 Å². The minimum absolute atomic E-state index is 0.112. The van der Waals surface area contributed by atoms with Crippen LogP contribution in [-0.4, -0.2) is 17.4 Å². The molecule has 102 valence electrons. The molecule has 0 aliphatic carbocycles. The normalized spacial score (nSPS) is 10.7. The molecule has 1 amide bonds. The van der Waals surface area contributed by atoms with Crippen LogP contribution in [0.5, 0.6) is 0 Å². The van der Waals surface area contributed by atoms with Crippen molar-refractivity contribution < 1.29 is 4.79 Å². The number of carbonyl (C=O) groups is 1. The molecule has 6 heteroatoms. The van der Waals surface area contributed by atoms with Gasteiger partial charge in [-0.1, -0.05) is 11.6 Å². The fourth-order valence-electron chi connectivity index (χ4n) is 1.74. The Kier molecular flexibility index (Phi) is 4.96. The quantitative estimate of drug-likeness (QED) is 0.830. The van der Waals surface area contributed by atoms with E-state index >= 15 is 0 Å². The average molecular weight is 315 g/mol. The summed E-state index contributed by atoms with van der Waals surface area (Å²) in [6, 6.07) is 3.85. The standard InChI is InChI=1S/C13H15ClN2OS2/c1-3-16(13-15-9(2)8-18-13)12(17)7-5-10-4-6-11(14)19-10/h4,6,8H,3,5,7H2,1-2H3. The summed E-state index contributed by atoms with van der Waals surface area (Å²) in [6.07, 6.45) is 1.22. The van der Waals surface area contributed by atoms with Crippen LogP contribution in [0.4, 0.5) is 5.13 Å². The lowest BCUT2D eigenvalue weighted by Gasteiger charge is -2.17. The third-order valence-electron chi connectivity index (χ3n) is 2.67. The van der Waals surface area contributed by atoms with E-state index < -0.39 is 0 Å². The van der Waals surface area contributed by atoms with E-state index in [0.29, 0.717) is 13.0 Å². The molecular weight excluding hydrogens is 300 g/mol. The van der Waals surface area contributed by atoms with Crippen molar-refractivity contribution in [3.8, 4) is 0 Å². The summed E-state index contributed by atoms with van der Waals surface area (Å²) in [6.45, 7) is 4.56. The van der Waals surface area contributed by atoms with Crippen LogP contribution in [0.3, 0.4) is 0 Å². The molecule has 2 heterocycles. The van der Waals surface area contributed by atoms with Crippen molar-refractivity contribution in [2.75, 3.05) is 11.4 Å². The number of aryl methyl sites for hydroxylation is 2. The Balaban J connectivity index is 1.97. The first-order chi connectivity index (χ1) is 9.10. The van der Waals surface area contributed by atoms with Gasteiger partial charge in [0.2, 0.25) is 5.91 Å². The Morgan fingerprint density at radius 2 is 2.26 bits per heavy atom. The van der Waals surface area contributed by atoms with Gasteiger partial charge in [-0.2, -0.15) is 0 Å². The topological polar surface area (TPSA) is 33.2 Å². The second-order valence-electron chi connectivity index (χ2n) is 4.12. The van der Waals surface area contributed by atoms with Crippen molar-refractivity contribution >= 4 is 45.3 Å². The second-order valence-corrected chi connectivity index (χ2v) is 6.75. The molecule has 0 spiro atoms. The first kappa shape index (κ1) is 14.5. The molecule has 2 rings (SSSR count). The van der Waals surface area contributed by atoms with Gasteiger partial charge < -0.3 is 0 Å². The number of amides is 1. The van der Waals surface area contributed by atoms with Crippen LogP contribution in [0, 0.1) is 6.92 Å². The Bertz CT molecular complexity index is 564. The molecule has 3 nitrogen and oxygen atoms in total. The Hall–Kier alpha value is -0.910. The summed E-state index contributed by atoms with van der Waals surface area (Å²) in [5.74, 6) is 0.112. The maximum Gasteiger partial charge on any atom is 0.229 e. The summed E-state index contributed by atoms with van der Waals surface area (Å²) in [7, 11) is 0. The highest BCUT2D eigenvalue weighted by atomic mass is 35.5. The number of nitrogens with zero attached hydrogens (tertiary/aromatic N) is 2. The van der Waals surface area contributed by atoms with E-state index in [1.165, 1.54) is 22.7 Å². The number of thiophene rings is 1. The Labute approximate surface area is 125 Å². The zero-order valence-corrected chi connectivity index (χ0v) is 13.2. The van der Waals surface area contributed by atoms with Gasteiger partial charge in [-0.15, -0.1) is 22.7 Å². The number of halogens is 1. The number of hydrogen-bond acceptors (Lipinski definition) is 4. The minimum atomic E-state index is 0.112. The Morgan fingerprint density at radius 3 is 2.79 bits per heavy atom. The molecule has 0 radical (unpaired) electrons. The lowest BCUT2D eigenvalue weighted by atomic mass is 10.2.